The molecule has 3 heterocycles. The summed E-state index contributed by atoms with van der Waals surface area (Å²) in [4.78, 5) is 14.8. The summed E-state index contributed by atoms with van der Waals surface area (Å²) in [5.74, 6) is 0.548. The molecule has 2 aliphatic rings. The number of hydrogen-bond donors (Lipinski definition) is 1. The van der Waals surface area contributed by atoms with E-state index in [-0.39, 0.29) is 23.8 Å². The minimum atomic E-state index is -0.570. The second-order valence-corrected chi connectivity index (χ2v) is 8.68. The zero-order valence-corrected chi connectivity index (χ0v) is 18.0. The van der Waals surface area contributed by atoms with Gasteiger partial charge in [0, 0.05) is 50.8 Å². The van der Waals surface area contributed by atoms with Crippen LogP contribution < -0.4 is 5.32 Å². The van der Waals surface area contributed by atoms with Crippen molar-refractivity contribution in [3.05, 3.63) is 47.0 Å². The van der Waals surface area contributed by atoms with Gasteiger partial charge < -0.3 is 14.6 Å². The van der Waals surface area contributed by atoms with Crippen molar-refractivity contribution < 1.29 is 18.3 Å². The average molecular weight is 434 g/mol. The molecule has 1 saturated heterocycles. The van der Waals surface area contributed by atoms with Gasteiger partial charge in [-0.05, 0) is 18.4 Å². The summed E-state index contributed by atoms with van der Waals surface area (Å²) < 4.78 is 34.7. The SMILES string of the molecule is CC(C)[C@H](NC(=O)[C@@H]1CCOC1)c1nnc2n1CCN(Cc1ccc(F)cc1F)CC2. The summed E-state index contributed by atoms with van der Waals surface area (Å²) in [6.45, 7) is 7.63. The highest BCUT2D eigenvalue weighted by atomic mass is 19.1. The molecule has 2 aliphatic heterocycles. The standard InChI is InChI=1S/C22H29F2N5O2/c1-14(2)20(25-22(30)16-6-10-31-13-16)21-27-26-19-5-7-28(8-9-29(19)21)12-15-3-4-17(23)11-18(15)24/h3-4,11,14,16,20H,5-10,12-13H2,1-2H3,(H,25,30)/t16-,20+/m1/s1. The van der Waals surface area contributed by atoms with Gasteiger partial charge >= 0.3 is 0 Å². The van der Waals surface area contributed by atoms with Crippen molar-refractivity contribution in [3.63, 3.8) is 0 Å². The van der Waals surface area contributed by atoms with E-state index in [4.69, 9.17) is 4.74 Å². The third kappa shape index (κ3) is 4.93. The quantitative estimate of drug-likeness (QED) is 0.758. The highest BCUT2D eigenvalue weighted by Crippen LogP contribution is 2.24. The molecule has 2 atom stereocenters. The molecule has 0 saturated carbocycles. The van der Waals surface area contributed by atoms with Crippen molar-refractivity contribution in [1.82, 2.24) is 25.0 Å². The van der Waals surface area contributed by atoms with Gasteiger partial charge in [-0.3, -0.25) is 9.69 Å². The number of nitrogens with one attached hydrogen (secondary N) is 1. The maximum absolute atomic E-state index is 14.1. The number of halogens is 2. The van der Waals surface area contributed by atoms with Crippen molar-refractivity contribution >= 4 is 5.91 Å². The Kier molecular flexibility index (Phi) is 6.62. The summed E-state index contributed by atoms with van der Waals surface area (Å²) in [5.41, 5.74) is 0.477. The van der Waals surface area contributed by atoms with Crippen LogP contribution in [0.2, 0.25) is 0 Å². The molecular weight excluding hydrogens is 404 g/mol. The van der Waals surface area contributed by atoms with Gasteiger partial charge in [-0.25, -0.2) is 8.78 Å². The fourth-order valence-corrected chi connectivity index (χ4v) is 4.21. The molecule has 7 nitrogen and oxygen atoms in total. The van der Waals surface area contributed by atoms with Crippen molar-refractivity contribution in [2.75, 3.05) is 26.3 Å². The van der Waals surface area contributed by atoms with Gasteiger partial charge in [-0.2, -0.15) is 0 Å². The first kappa shape index (κ1) is 21.8. The molecule has 0 aliphatic carbocycles. The topological polar surface area (TPSA) is 72.3 Å². The number of carbonyl (C=O) groups is 1. The molecule has 9 heteroatoms. The lowest BCUT2D eigenvalue weighted by Gasteiger charge is -2.24. The van der Waals surface area contributed by atoms with Crippen LogP contribution in [0.5, 0.6) is 0 Å². The lowest BCUT2D eigenvalue weighted by molar-refractivity contribution is -0.126. The normalized spacial score (nSPS) is 20.5. The van der Waals surface area contributed by atoms with Crippen LogP contribution in [-0.4, -0.2) is 51.9 Å². The van der Waals surface area contributed by atoms with E-state index in [1.807, 2.05) is 0 Å². The Labute approximate surface area is 180 Å². The summed E-state index contributed by atoms with van der Waals surface area (Å²) >= 11 is 0. The summed E-state index contributed by atoms with van der Waals surface area (Å²) in [6, 6.07) is 3.47. The van der Waals surface area contributed by atoms with Crippen LogP contribution in [0.15, 0.2) is 18.2 Å². The molecule has 1 amide bonds. The Morgan fingerprint density at radius 1 is 1.26 bits per heavy atom. The Morgan fingerprint density at radius 3 is 2.81 bits per heavy atom. The molecule has 0 unspecified atom stereocenters. The third-order valence-corrected chi connectivity index (χ3v) is 6.10. The Balaban J connectivity index is 1.46. The molecule has 1 aromatic heterocycles. The predicted octanol–water partition coefficient (Wildman–Crippen LogP) is 2.46. The van der Waals surface area contributed by atoms with Crippen molar-refractivity contribution in [2.45, 2.75) is 45.8 Å². The molecule has 1 N–H and O–H groups in total. The second-order valence-electron chi connectivity index (χ2n) is 8.68. The average Bonchev–Trinajstić information content (AvgIpc) is 3.36. The van der Waals surface area contributed by atoms with E-state index in [2.05, 4.69) is 38.8 Å². The van der Waals surface area contributed by atoms with Crippen LogP contribution >= 0.6 is 0 Å². The molecule has 31 heavy (non-hydrogen) atoms. The molecule has 0 spiro atoms. The molecule has 1 fully saturated rings. The highest BCUT2D eigenvalue weighted by Gasteiger charge is 2.31. The number of ether oxygens (including phenoxy) is 1. The molecule has 1 aromatic carbocycles. The minimum Gasteiger partial charge on any atom is -0.381 e. The van der Waals surface area contributed by atoms with E-state index in [9.17, 15) is 13.6 Å². The molecule has 2 aromatic rings. The molecule has 4 rings (SSSR count). The van der Waals surface area contributed by atoms with E-state index in [0.717, 1.165) is 24.1 Å². The highest BCUT2D eigenvalue weighted by molar-refractivity contribution is 5.79. The smallest absolute Gasteiger partial charge is 0.226 e. The van der Waals surface area contributed by atoms with Gasteiger partial charge in [-0.15, -0.1) is 10.2 Å². The number of carbonyl (C=O) groups excluding carboxylic acids is 1. The van der Waals surface area contributed by atoms with Crippen LogP contribution in [0.3, 0.4) is 0 Å². The van der Waals surface area contributed by atoms with Gasteiger partial charge in [0.15, 0.2) is 5.82 Å². The minimum absolute atomic E-state index is 0.00409. The van der Waals surface area contributed by atoms with Gasteiger partial charge in [0.2, 0.25) is 5.91 Å². The zero-order valence-electron chi connectivity index (χ0n) is 18.0. The molecule has 0 bridgehead atoms. The fraction of sp³-hybridized carbons (Fsp3) is 0.591. The zero-order chi connectivity index (χ0) is 22.0. The monoisotopic (exact) mass is 433 g/mol. The van der Waals surface area contributed by atoms with Gasteiger partial charge in [0.25, 0.3) is 0 Å². The number of fused-ring (bicyclic) bond motifs is 1. The van der Waals surface area contributed by atoms with Crippen LogP contribution in [0.1, 0.15) is 43.5 Å². The molecule has 0 radical (unpaired) electrons. The number of aromatic nitrogens is 3. The Morgan fingerprint density at radius 2 is 2.10 bits per heavy atom. The number of nitrogens with zero attached hydrogens (tertiary/aromatic N) is 4. The van der Waals surface area contributed by atoms with Crippen molar-refractivity contribution in [2.24, 2.45) is 11.8 Å². The van der Waals surface area contributed by atoms with E-state index < -0.39 is 11.6 Å². The maximum atomic E-state index is 14.1. The fourth-order valence-electron chi connectivity index (χ4n) is 4.21. The number of benzene rings is 1. The van der Waals surface area contributed by atoms with Gasteiger partial charge in [0.1, 0.15) is 17.5 Å². The van der Waals surface area contributed by atoms with Gasteiger partial charge in [-0.1, -0.05) is 19.9 Å². The summed E-state index contributed by atoms with van der Waals surface area (Å²) in [7, 11) is 0. The van der Waals surface area contributed by atoms with Crippen molar-refractivity contribution in [3.8, 4) is 0 Å². The van der Waals surface area contributed by atoms with Crippen LogP contribution in [0, 0.1) is 23.5 Å². The molecular formula is C22H29F2N5O2. The number of amides is 1. The summed E-state index contributed by atoms with van der Waals surface area (Å²) in [6.07, 6.45) is 1.41. The summed E-state index contributed by atoms with van der Waals surface area (Å²) in [5, 5.41) is 12.0. The number of hydrogen-bond acceptors (Lipinski definition) is 5. The first-order chi connectivity index (χ1) is 14.9. The maximum Gasteiger partial charge on any atom is 0.226 e. The first-order valence-corrected chi connectivity index (χ1v) is 10.9. The van der Waals surface area contributed by atoms with E-state index in [1.165, 1.54) is 12.1 Å². The van der Waals surface area contributed by atoms with Crippen LogP contribution in [0.4, 0.5) is 8.78 Å². The Bertz CT molecular complexity index is 927. The van der Waals surface area contributed by atoms with E-state index in [1.54, 1.807) is 0 Å². The van der Waals surface area contributed by atoms with E-state index in [0.29, 0.717) is 51.4 Å². The number of rotatable bonds is 6. The lowest BCUT2D eigenvalue weighted by atomic mass is 10.0. The van der Waals surface area contributed by atoms with Crippen LogP contribution in [-0.2, 0) is 29.0 Å². The lowest BCUT2D eigenvalue weighted by Crippen LogP contribution is -2.38. The Hall–Kier alpha value is -2.39. The van der Waals surface area contributed by atoms with E-state index >= 15 is 0 Å². The largest absolute Gasteiger partial charge is 0.381 e. The molecule has 168 valence electrons. The third-order valence-electron chi connectivity index (χ3n) is 6.10. The first-order valence-electron chi connectivity index (χ1n) is 10.9. The second kappa shape index (κ2) is 9.40. The van der Waals surface area contributed by atoms with Gasteiger partial charge in [0.05, 0.1) is 18.6 Å². The van der Waals surface area contributed by atoms with Crippen molar-refractivity contribution in [1.29, 1.82) is 0 Å². The predicted molar refractivity (Wildman–Crippen MR) is 110 cm³/mol. The van der Waals surface area contributed by atoms with Crippen LogP contribution in [0.25, 0.3) is 0 Å².